The second kappa shape index (κ2) is 8.00. The van der Waals surface area contributed by atoms with Crippen LogP contribution in [0, 0.1) is 23.2 Å². The quantitative estimate of drug-likeness (QED) is 0.628. The average Bonchev–Trinajstić information content (AvgIpc) is 2.54. The molecule has 21 heavy (non-hydrogen) atoms. The second-order valence-corrected chi connectivity index (χ2v) is 4.72. The van der Waals surface area contributed by atoms with Gasteiger partial charge in [-0.25, -0.2) is 0 Å². The Bertz CT molecular complexity index is 693. The van der Waals surface area contributed by atoms with E-state index in [1.165, 1.54) is 0 Å². The van der Waals surface area contributed by atoms with Gasteiger partial charge in [-0.3, -0.25) is 0 Å². The lowest BCUT2D eigenvalue weighted by atomic mass is 10.1. The lowest BCUT2D eigenvalue weighted by Crippen LogP contribution is -1.97. The maximum Gasteiger partial charge on any atom is 0.138 e. The van der Waals surface area contributed by atoms with Crippen molar-refractivity contribution in [3.8, 4) is 23.7 Å². The molecule has 2 rings (SSSR count). The zero-order chi connectivity index (χ0) is 14.9. The topological polar surface area (TPSA) is 33.0 Å². The minimum Gasteiger partial charge on any atom is -0.487 e. The molecule has 0 aliphatic carbocycles. The summed E-state index contributed by atoms with van der Waals surface area (Å²) in [5.41, 5.74) is 2.39. The summed E-state index contributed by atoms with van der Waals surface area (Å²) in [6, 6.07) is 17.3. The molecule has 0 aliphatic rings. The van der Waals surface area contributed by atoms with Crippen molar-refractivity contribution in [3.05, 3.63) is 65.2 Å². The molecule has 3 heteroatoms. The standard InChI is InChI=1S/C18H14ClNO/c19-11-5-4-6-15-9-10-17(13-20)18(12-15)21-14-16-7-2-1-3-8-16/h1-3,7-10,12H,5,11,14H2. The zero-order valence-electron chi connectivity index (χ0n) is 11.5. The highest BCUT2D eigenvalue weighted by Gasteiger charge is 2.04. The zero-order valence-corrected chi connectivity index (χ0v) is 12.2. The van der Waals surface area contributed by atoms with E-state index in [4.69, 9.17) is 21.6 Å². The monoisotopic (exact) mass is 295 g/mol. The van der Waals surface area contributed by atoms with Crippen molar-refractivity contribution in [2.24, 2.45) is 0 Å². The fraction of sp³-hybridized carbons (Fsp3) is 0.167. The van der Waals surface area contributed by atoms with Gasteiger partial charge in [-0.05, 0) is 23.8 Å². The molecule has 0 aliphatic heterocycles. The number of rotatable bonds is 4. The molecule has 2 nitrogen and oxygen atoms in total. The van der Waals surface area contributed by atoms with Crippen molar-refractivity contribution in [3.63, 3.8) is 0 Å². The maximum absolute atomic E-state index is 9.14. The van der Waals surface area contributed by atoms with Crippen molar-refractivity contribution < 1.29 is 4.74 Å². The minimum atomic E-state index is 0.425. The Morgan fingerprint density at radius 1 is 1.10 bits per heavy atom. The van der Waals surface area contributed by atoms with Gasteiger partial charge in [0.15, 0.2) is 0 Å². The van der Waals surface area contributed by atoms with E-state index >= 15 is 0 Å². The number of benzene rings is 2. The van der Waals surface area contributed by atoms with Gasteiger partial charge in [0.05, 0.1) is 5.56 Å². The van der Waals surface area contributed by atoms with E-state index in [1.54, 1.807) is 12.1 Å². The van der Waals surface area contributed by atoms with Crippen LogP contribution in [0.3, 0.4) is 0 Å². The van der Waals surface area contributed by atoms with Crippen LogP contribution in [0.25, 0.3) is 0 Å². The number of nitriles is 1. The van der Waals surface area contributed by atoms with Gasteiger partial charge in [-0.15, -0.1) is 11.6 Å². The van der Waals surface area contributed by atoms with Crippen molar-refractivity contribution in [2.45, 2.75) is 13.0 Å². The highest BCUT2D eigenvalue weighted by atomic mass is 35.5. The van der Waals surface area contributed by atoms with E-state index in [2.05, 4.69) is 17.9 Å². The Morgan fingerprint density at radius 3 is 2.62 bits per heavy atom. The van der Waals surface area contributed by atoms with E-state index in [0.717, 1.165) is 11.1 Å². The Morgan fingerprint density at radius 2 is 1.90 bits per heavy atom. The lowest BCUT2D eigenvalue weighted by molar-refractivity contribution is 0.305. The molecule has 0 radical (unpaired) electrons. The third-order valence-corrected chi connectivity index (χ3v) is 2.98. The van der Waals surface area contributed by atoms with Crippen LogP contribution < -0.4 is 4.74 Å². The molecule has 2 aromatic carbocycles. The number of halogens is 1. The van der Waals surface area contributed by atoms with Gasteiger partial charge in [0.1, 0.15) is 18.4 Å². The normalized spacial score (nSPS) is 9.33. The van der Waals surface area contributed by atoms with E-state index in [-0.39, 0.29) is 0 Å². The van der Waals surface area contributed by atoms with E-state index in [1.807, 2.05) is 36.4 Å². The molecular formula is C18H14ClNO. The van der Waals surface area contributed by atoms with Crippen LogP contribution in [0.15, 0.2) is 48.5 Å². The Labute approximate surface area is 129 Å². The molecule has 0 heterocycles. The number of nitrogens with zero attached hydrogens (tertiary/aromatic N) is 1. The summed E-state index contributed by atoms with van der Waals surface area (Å²) in [7, 11) is 0. The van der Waals surface area contributed by atoms with Crippen LogP contribution in [-0.4, -0.2) is 5.88 Å². The van der Waals surface area contributed by atoms with Gasteiger partial charge in [-0.1, -0.05) is 42.2 Å². The van der Waals surface area contributed by atoms with Crippen LogP contribution >= 0.6 is 11.6 Å². The summed E-state index contributed by atoms with van der Waals surface area (Å²) in [5, 5.41) is 9.14. The summed E-state index contributed by atoms with van der Waals surface area (Å²) in [5.74, 6) is 7.05. The lowest BCUT2D eigenvalue weighted by Gasteiger charge is -2.08. The van der Waals surface area contributed by atoms with Crippen molar-refractivity contribution in [1.29, 1.82) is 5.26 Å². The molecule has 0 aromatic heterocycles. The van der Waals surface area contributed by atoms with Gasteiger partial charge in [0.2, 0.25) is 0 Å². The molecule has 0 saturated carbocycles. The average molecular weight is 296 g/mol. The van der Waals surface area contributed by atoms with E-state index in [0.29, 0.717) is 30.2 Å². The molecule has 2 aromatic rings. The SMILES string of the molecule is N#Cc1ccc(C#CCCCl)cc1OCc1ccccc1. The van der Waals surface area contributed by atoms with Crippen molar-refractivity contribution >= 4 is 11.6 Å². The summed E-state index contributed by atoms with van der Waals surface area (Å²) in [6.45, 7) is 0.425. The first-order valence-electron chi connectivity index (χ1n) is 6.59. The molecule has 0 unspecified atom stereocenters. The molecule has 0 amide bonds. The molecule has 104 valence electrons. The molecule has 0 bridgehead atoms. The molecule has 0 atom stereocenters. The number of ether oxygens (including phenoxy) is 1. The van der Waals surface area contributed by atoms with Crippen LogP contribution in [0.5, 0.6) is 5.75 Å². The molecule has 0 spiro atoms. The summed E-state index contributed by atoms with van der Waals surface area (Å²) >= 11 is 5.59. The minimum absolute atomic E-state index is 0.425. The van der Waals surface area contributed by atoms with E-state index < -0.39 is 0 Å². The number of hydrogen-bond donors (Lipinski definition) is 0. The third kappa shape index (κ3) is 4.56. The predicted octanol–water partition coefficient (Wildman–Crippen LogP) is 4.12. The van der Waals surface area contributed by atoms with Gasteiger partial charge in [0, 0.05) is 17.9 Å². The Kier molecular flexibility index (Phi) is 5.71. The summed E-state index contributed by atoms with van der Waals surface area (Å²) in [6.07, 6.45) is 0.641. The van der Waals surface area contributed by atoms with Crippen LogP contribution in [-0.2, 0) is 6.61 Å². The first-order valence-corrected chi connectivity index (χ1v) is 7.12. The highest BCUT2D eigenvalue weighted by molar-refractivity contribution is 6.18. The Hall–Kier alpha value is -2.42. The fourth-order valence-corrected chi connectivity index (χ4v) is 1.85. The van der Waals surface area contributed by atoms with Crippen LogP contribution in [0.4, 0.5) is 0 Å². The van der Waals surface area contributed by atoms with Gasteiger partial charge in [-0.2, -0.15) is 5.26 Å². The van der Waals surface area contributed by atoms with Gasteiger partial charge < -0.3 is 4.74 Å². The largest absolute Gasteiger partial charge is 0.487 e. The highest BCUT2D eigenvalue weighted by Crippen LogP contribution is 2.20. The predicted molar refractivity (Wildman–Crippen MR) is 84.1 cm³/mol. The Balaban J connectivity index is 2.15. The molecule has 0 N–H and O–H groups in total. The molecular weight excluding hydrogens is 282 g/mol. The first kappa shape index (κ1) is 15.0. The molecule has 0 fully saturated rings. The van der Waals surface area contributed by atoms with Gasteiger partial charge in [0.25, 0.3) is 0 Å². The fourth-order valence-electron chi connectivity index (χ4n) is 1.76. The maximum atomic E-state index is 9.14. The van der Waals surface area contributed by atoms with Crippen LogP contribution in [0.2, 0.25) is 0 Å². The van der Waals surface area contributed by atoms with Gasteiger partial charge >= 0.3 is 0 Å². The van der Waals surface area contributed by atoms with E-state index in [9.17, 15) is 0 Å². The van der Waals surface area contributed by atoms with Crippen LogP contribution in [0.1, 0.15) is 23.1 Å². The number of hydrogen-bond acceptors (Lipinski definition) is 2. The first-order chi connectivity index (χ1) is 10.3. The summed E-state index contributed by atoms with van der Waals surface area (Å²) in [4.78, 5) is 0. The summed E-state index contributed by atoms with van der Waals surface area (Å²) < 4.78 is 5.74. The third-order valence-electron chi connectivity index (χ3n) is 2.79. The van der Waals surface area contributed by atoms with Crippen molar-refractivity contribution in [2.75, 3.05) is 5.88 Å². The molecule has 0 saturated heterocycles. The smallest absolute Gasteiger partial charge is 0.138 e. The van der Waals surface area contributed by atoms with Crippen molar-refractivity contribution in [1.82, 2.24) is 0 Å². The second-order valence-electron chi connectivity index (χ2n) is 4.34. The number of alkyl halides is 1.